The van der Waals surface area contributed by atoms with E-state index < -0.39 is 5.97 Å². The summed E-state index contributed by atoms with van der Waals surface area (Å²) in [5.74, 6) is 0.162. The molecular formula is C13H25NO3. The molecular weight excluding hydrogens is 218 g/mol. The van der Waals surface area contributed by atoms with E-state index in [1.54, 1.807) is 7.11 Å². The maximum Gasteiger partial charge on any atom is 0.303 e. The van der Waals surface area contributed by atoms with Crippen LogP contribution in [0.5, 0.6) is 0 Å². The first kappa shape index (κ1) is 14.5. The van der Waals surface area contributed by atoms with Crippen LogP contribution in [0.3, 0.4) is 0 Å². The van der Waals surface area contributed by atoms with Crippen molar-refractivity contribution in [3.05, 3.63) is 0 Å². The minimum absolute atomic E-state index is 0.288. The van der Waals surface area contributed by atoms with Crippen LogP contribution in [0.25, 0.3) is 0 Å². The molecule has 4 nitrogen and oxygen atoms in total. The van der Waals surface area contributed by atoms with Gasteiger partial charge in [-0.1, -0.05) is 0 Å². The smallest absolute Gasteiger partial charge is 0.303 e. The SMILES string of the molecule is COCCN(CCCCC(=O)O)C(C)C1CC1. The van der Waals surface area contributed by atoms with Gasteiger partial charge >= 0.3 is 5.97 Å². The highest BCUT2D eigenvalue weighted by molar-refractivity contribution is 5.66. The van der Waals surface area contributed by atoms with Gasteiger partial charge in [-0.2, -0.15) is 0 Å². The lowest BCUT2D eigenvalue weighted by Gasteiger charge is -2.28. The lowest BCUT2D eigenvalue weighted by atomic mass is 10.1. The van der Waals surface area contributed by atoms with E-state index in [-0.39, 0.29) is 6.42 Å². The van der Waals surface area contributed by atoms with Crippen molar-refractivity contribution in [3.63, 3.8) is 0 Å². The second kappa shape index (κ2) is 7.67. The van der Waals surface area contributed by atoms with E-state index in [1.807, 2.05) is 0 Å². The fourth-order valence-corrected chi connectivity index (χ4v) is 2.20. The molecule has 0 aliphatic heterocycles. The molecule has 0 heterocycles. The fourth-order valence-electron chi connectivity index (χ4n) is 2.20. The van der Waals surface area contributed by atoms with Crippen molar-refractivity contribution in [3.8, 4) is 0 Å². The van der Waals surface area contributed by atoms with Crippen molar-refractivity contribution in [1.29, 1.82) is 0 Å². The number of hydrogen-bond acceptors (Lipinski definition) is 3. The van der Waals surface area contributed by atoms with Crippen LogP contribution >= 0.6 is 0 Å². The second-order valence-corrected chi connectivity index (χ2v) is 4.96. The largest absolute Gasteiger partial charge is 0.481 e. The molecule has 0 bridgehead atoms. The first-order chi connectivity index (χ1) is 8.15. The zero-order valence-electron chi connectivity index (χ0n) is 11.0. The van der Waals surface area contributed by atoms with Crippen LogP contribution in [0, 0.1) is 5.92 Å². The predicted molar refractivity (Wildman–Crippen MR) is 67.1 cm³/mol. The van der Waals surface area contributed by atoms with Gasteiger partial charge in [0.1, 0.15) is 0 Å². The number of unbranched alkanes of at least 4 members (excludes halogenated alkanes) is 1. The molecule has 0 spiro atoms. The zero-order valence-corrected chi connectivity index (χ0v) is 11.0. The highest BCUT2D eigenvalue weighted by Crippen LogP contribution is 2.35. The van der Waals surface area contributed by atoms with E-state index in [4.69, 9.17) is 9.84 Å². The Morgan fingerprint density at radius 3 is 2.65 bits per heavy atom. The molecule has 0 saturated heterocycles. The van der Waals surface area contributed by atoms with E-state index >= 15 is 0 Å². The molecule has 1 aliphatic rings. The molecule has 0 aromatic heterocycles. The molecule has 1 fully saturated rings. The first-order valence-corrected chi connectivity index (χ1v) is 6.60. The molecule has 1 N–H and O–H groups in total. The monoisotopic (exact) mass is 243 g/mol. The molecule has 1 unspecified atom stereocenters. The standard InChI is InChI=1S/C13H25NO3/c1-11(12-6-7-12)14(9-10-17-2)8-4-3-5-13(15)16/h11-12H,3-10H2,1-2H3,(H,15,16). The minimum Gasteiger partial charge on any atom is -0.481 e. The normalized spacial score (nSPS) is 17.4. The minimum atomic E-state index is -0.691. The van der Waals surface area contributed by atoms with Crippen molar-refractivity contribution in [1.82, 2.24) is 4.90 Å². The quantitative estimate of drug-likeness (QED) is 0.596. The highest BCUT2D eigenvalue weighted by atomic mass is 16.5. The van der Waals surface area contributed by atoms with Gasteiger partial charge < -0.3 is 9.84 Å². The average molecular weight is 243 g/mol. The van der Waals surface area contributed by atoms with Crippen LogP contribution in [0.2, 0.25) is 0 Å². The summed E-state index contributed by atoms with van der Waals surface area (Å²) in [7, 11) is 1.73. The first-order valence-electron chi connectivity index (χ1n) is 6.60. The maximum absolute atomic E-state index is 10.4. The zero-order chi connectivity index (χ0) is 12.7. The molecule has 100 valence electrons. The molecule has 0 aromatic rings. The van der Waals surface area contributed by atoms with Crippen LogP contribution < -0.4 is 0 Å². The van der Waals surface area contributed by atoms with Gasteiger partial charge in [0.15, 0.2) is 0 Å². The average Bonchev–Trinajstić information content (AvgIpc) is 3.10. The Balaban J connectivity index is 2.21. The topological polar surface area (TPSA) is 49.8 Å². The molecule has 1 aliphatic carbocycles. The third kappa shape index (κ3) is 6.03. The number of hydrogen-bond donors (Lipinski definition) is 1. The summed E-state index contributed by atoms with van der Waals surface area (Å²) in [6.45, 7) is 5.00. The number of ether oxygens (including phenoxy) is 1. The number of carboxylic acid groups (broad SMARTS) is 1. The predicted octanol–water partition coefficient (Wildman–Crippen LogP) is 1.99. The lowest BCUT2D eigenvalue weighted by molar-refractivity contribution is -0.137. The molecule has 1 saturated carbocycles. The molecule has 4 heteroatoms. The Bertz CT molecular complexity index is 229. The number of rotatable bonds is 10. The Kier molecular flexibility index (Phi) is 6.52. The van der Waals surface area contributed by atoms with E-state index in [9.17, 15) is 4.79 Å². The summed E-state index contributed by atoms with van der Waals surface area (Å²) in [6, 6.07) is 0.620. The van der Waals surface area contributed by atoms with Gasteiger partial charge in [0.25, 0.3) is 0 Å². The third-order valence-corrected chi connectivity index (χ3v) is 3.55. The van der Waals surface area contributed by atoms with E-state index in [2.05, 4.69) is 11.8 Å². The van der Waals surface area contributed by atoms with Crippen molar-refractivity contribution in [2.75, 3.05) is 26.8 Å². The van der Waals surface area contributed by atoms with Crippen LogP contribution in [0.4, 0.5) is 0 Å². The van der Waals surface area contributed by atoms with Crippen LogP contribution in [0.15, 0.2) is 0 Å². The van der Waals surface area contributed by atoms with Crippen LogP contribution in [-0.2, 0) is 9.53 Å². The van der Waals surface area contributed by atoms with Crippen molar-refractivity contribution < 1.29 is 14.6 Å². The van der Waals surface area contributed by atoms with Gasteiger partial charge in [-0.05, 0) is 45.1 Å². The summed E-state index contributed by atoms with van der Waals surface area (Å²) in [5, 5.41) is 8.59. The summed E-state index contributed by atoms with van der Waals surface area (Å²) < 4.78 is 5.13. The van der Waals surface area contributed by atoms with Gasteiger partial charge in [-0.3, -0.25) is 9.69 Å². The summed E-state index contributed by atoms with van der Waals surface area (Å²) in [4.78, 5) is 12.9. The van der Waals surface area contributed by atoms with Gasteiger partial charge in [0.05, 0.1) is 6.61 Å². The van der Waals surface area contributed by atoms with E-state index in [0.717, 1.165) is 38.5 Å². The third-order valence-electron chi connectivity index (χ3n) is 3.55. The molecule has 1 atom stereocenters. The summed E-state index contributed by atoms with van der Waals surface area (Å²) in [6.07, 6.45) is 4.72. The highest BCUT2D eigenvalue weighted by Gasteiger charge is 2.31. The Labute approximate surface area is 104 Å². The lowest BCUT2D eigenvalue weighted by Crippen LogP contribution is -2.37. The molecule has 0 aromatic carbocycles. The molecule has 1 rings (SSSR count). The second-order valence-electron chi connectivity index (χ2n) is 4.96. The van der Waals surface area contributed by atoms with Crippen molar-refractivity contribution in [2.24, 2.45) is 5.92 Å². The Morgan fingerprint density at radius 1 is 1.41 bits per heavy atom. The number of carboxylic acids is 1. The van der Waals surface area contributed by atoms with Crippen LogP contribution in [-0.4, -0.2) is 48.8 Å². The van der Waals surface area contributed by atoms with Gasteiger partial charge in [0.2, 0.25) is 0 Å². The number of nitrogens with zero attached hydrogens (tertiary/aromatic N) is 1. The van der Waals surface area contributed by atoms with Gasteiger partial charge in [0, 0.05) is 26.1 Å². The van der Waals surface area contributed by atoms with Crippen LogP contribution in [0.1, 0.15) is 39.0 Å². The molecule has 0 radical (unpaired) electrons. The molecule has 0 amide bonds. The van der Waals surface area contributed by atoms with Crippen molar-refractivity contribution in [2.45, 2.75) is 45.1 Å². The maximum atomic E-state index is 10.4. The summed E-state index contributed by atoms with van der Waals surface area (Å²) in [5.41, 5.74) is 0. The summed E-state index contributed by atoms with van der Waals surface area (Å²) >= 11 is 0. The van der Waals surface area contributed by atoms with Gasteiger partial charge in [-0.15, -0.1) is 0 Å². The van der Waals surface area contributed by atoms with E-state index in [1.165, 1.54) is 12.8 Å². The number of aliphatic carboxylic acids is 1. The van der Waals surface area contributed by atoms with E-state index in [0.29, 0.717) is 6.04 Å². The Hall–Kier alpha value is -0.610. The number of methoxy groups -OCH3 is 1. The molecule has 17 heavy (non-hydrogen) atoms. The van der Waals surface area contributed by atoms with Crippen molar-refractivity contribution >= 4 is 5.97 Å². The number of carbonyl (C=O) groups is 1. The Morgan fingerprint density at radius 2 is 2.12 bits per heavy atom. The fraction of sp³-hybridized carbons (Fsp3) is 0.923. The van der Waals surface area contributed by atoms with Gasteiger partial charge in [-0.25, -0.2) is 0 Å².